The van der Waals surface area contributed by atoms with Gasteiger partial charge in [-0.2, -0.15) is 0 Å². The quantitative estimate of drug-likeness (QED) is 0.602. The Hall–Kier alpha value is -2.22. The predicted octanol–water partition coefficient (Wildman–Crippen LogP) is 2.08. The number of rotatable bonds is 6. The fraction of sp³-hybridized carbons (Fsp3) is 0.455. The Labute approximate surface area is 109 Å². The summed E-state index contributed by atoms with van der Waals surface area (Å²) in [6.45, 7) is 3.32. The molecule has 19 heavy (non-hydrogen) atoms. The number of hydrogen-bond donors (Lipinski definition) is 2. The van der Waals surface area contributed by atoms with Crippen molar-refractivity contribution in [1.29, 1.82) is 0 Å². The lowest BCUT2D eigenvalue weighted by atomic mass is 9.99. The smallest absolute Gasteiger partial charge is 0.299 e. The van der Waals surface area contributed by atoms with Crippen LogP contribution in [-0.2, 0) is 0 Å². The maximum atomic E-state index is 10.9. The first kappa shape index (κ1) is 14.8. The molecule has 0 amide bonds. The van der Waals surface area contributed by atoms with E-state index in [0.29, 0.717) is 6.42 Å². The summed E-state index contributed by atoms with van der Waals surface area (Å²) < 4.78 is 0. The van der Waals surface area contributed by atoms with E-state index in [2.05, 4.69) is 5.32 Å². The molecule has 1 rings (SSSR count). The van der Waals surface area contributed by atoms with Crippen LogP contribution in [0.15, 0.2) is 18.2 Å². The predicted molar refractivity (Wildman–Crippen MR) is 69.2 cm³/mol. The van der Waals surface area contributed by atoms with Crippen LogP contribution in [-0.4, -0.2) is 27.1 Å². The molecule has 2 N–H and O–H groups in total. The van der Waals surface area contributed by atoms with E-state index in [0.717, 1.165) is 6.07 Å². The molecule has 8 heteroatoms. The summed E-state index contributed by atoms with van der Waals surface area (Å²) >= 11 is 0. The van der Waals surface area contributed by atoms with Crippen molar-refractivity contribution in [3.63, 3.8) is 0 Å². The lowest BCUT2D eigenvalue weighted by Gasteiger charge is -2.28. The molecule has 0 aliphatic heterocycles. The van der Waals surface area contributed by atoms with Crippen LogP contribution in [0.4, 0.5) is 17.1 Å². The van der Waals surface area contributed by atoms with Crippen molar-refractivity contribution in [2.75, 3.05) is 11.9 Å². The van der Waals surface area contributed by atoms with Gasteiger partial charge in [-0.1, -0.05) is 6.92 Å². The highest BCUT2D eigenvalue weighted by Crippen LogP contribution is 2.31. The van der Waals surface area contributed by atoms with Gasteiger partial charge in [0.05, 0.1) is 28.1 Å². The lowest BCUT2D eigenvalue weighted by molar-refractivity contribution is -0.393. The van der Waals surface area contributed by atoms with Gasteiger partial charge in [0.1, 0.15) is 5.69 Å². The SMILES string of the molecule is CC[C@@](C)(CO)Nc1ccc([N+](=O)[O-])cc1[N+](=O)[O-]. The zero-order chi connectivity index (χ0) is 14.6. The van der Waals surface area contributed by atoms with Crippen molar-refractivity contribution >= 4 is 17.1 Å². The number of hydrogen-bond acceptors (Lipinski definition) is 6. The summed E-state index contributed by atoms with van der Waals surface area (Å²) in [5, 5.41) is 33.7. The number of benzene rings is 1. The van der Waals surface area contributed by atoms with Crippen molar-refractivity contribution in [1.82, 2.24) is 0 Å². The van der Waals surface area contributed by atoms with Gasteiger partial charge in [0.25, 0.3) is 11.4 Å². The molecule has 1 aromatic rings. The van der Waals surface area contributed by atoms with E-state index < -0.39 is 15.4 Å². The number of anilines is 1. The number of non-ortho nitro benzene ring substituents is 1. The average molecular weight is 269 g/mol. The number of nitrogens with zero attached hydrogens (tertiary/aromatic N) is 2. The minimum atomic E-state index is -0.721. The van der Waals surface area contributed by atoms with Gasteiger partial charge in [0.15, 0.2) is 0 Å². The van der Waals surface area contributed by atoms with E-state index in [1.165, 1.54) is 12.1 Å². The minimum absolute atomic E-state index is 0.147. The largest absolute Gasteiger partial charge is 0.394 e. The third-order valence-electron chi connectivity index (χ3n) is 2.95. The number of nitrogens with one attached hydrogen (secondary N) is 1. The Morgan fingerprint density at radius 2 is 1.95 bits per heavy atom. The second kappa shape index (κ2) is 5.61. The number of nitro groups is 2. The van der Waals surface area contributed by atoms with E-state index in [4.69, 9.17) is 0 Å². The van der Waals surface area contributed by atoms with Gasteiger partial charge >= 0.3 is 0 Å². The molecule has 0 spiro atoms. The summed E-state index contributed by atoms with van der Waals surface area (Å²) in [6.07, 6.45) is 0.539. The Kier molecular flexibility index (Phi) is 4.38. The van der Waals surface area contributed by atoms with Gasteiger partial charge in [-0.3, -0.25) is 20.2 Å². The molecule has 0 bridgehead atoms. The van der Waals surface area contributed by atoms with Crippen LogP contribution in [0.3, 0.4) is 0 Å². The van der Waals surface area contributed by atoms with Gasteiger partial charge in [0, 0.05) is 6.07 Å². The van der Waals surface area contributed by atoms with Crippen LogP contribution < -0.4 is 5.32 Å². The number of aliphatic hydroxyl groups is 1. The van der Waals surface area contributed by atoms with Crippen LogP contribution in [0.25, 0.3) is 0 Å². The molecular weight excluding hydrogens is 254 g/mol. The molecule has 0 unspecified atom stereocenters. The third-order valence-corrected chi connectivity index (χ3v) is 2.95. The molecule has 0 aliphatic rings. The topological polar surface area (TPSA) is 119 Å². The van der Waals surface area contributed by atoms with Crippen molar-refractivity contribution in [3.8, 4) is 0 Å². The Bertz CT molecular complexity index is 499. The van der Waals surface area contributed by atoms with Crippen LogP contribution in [0.2, 0.25) is 0 Å². The first-order valence-corrected chi connectivity index (χ1v) is 5.65. The maximum absolute atomic E-state index is 10.9. The molecular formula is C11H15N3O5. The zero-order valence-corrected chi connectivity index (χ0v) is 10.6. The molecule has 0 heterocycles. The van der Waals surface area contributed by atoms with Crippen molar-refractivity contribution in [2.24, 2.45) is 0 Å². The van der Waals surface area contributed by atoms with Crippen LogP contribution in [0.5, 0.6) is 0 Å². The molecule has 0 saturated heterocycles. The standard InChI is InChI=1S/C11H15N3O5/c1-3-11(2,7-15)12-9-5-4-8(13(16)17)6-10(9)14(18)19/h4-6,12,15H,3,7H2,1-2H3/t11-/m0/s1. The van der Waals surface area contributed by atoms with Crippen LogP contribution in [0.1, 0.15) is 20.3 Å². The Balaban J connectivity index is 3.21. The van der Waals surface area contributed by atoms with Gasteiger partial charge in [-0.05, 0) is 19.4 Å². The molecule has 0 fully saturated rings. The highest BCUT2D eigenvalue weighted by atomic mass is 16.6. The van der Waals surface area contributed by atoms with Crippen molar-refractivity contribution in [2.45, 2.75) is 25.8 Å². The zero-order valence-electron chi connectivity index (χ0n) is 10.6. The Morgan fingerprint density at radius 1 is 1.32 bits per heavy atom. The van der Waals surface area contributed by atoms with Crippen molar-refractivity contribution in [3.05, 3.63) is 38.4 Å². The Morgan fingerprint density at radius 3 is 2.37 bits per heavy atom. The maximum Gasteiger partial charge on any atom is 0.299 e. The summed E-state index contributed by atoms with van der Waals surface area (Å²) in [7, 11) is 0. The summed E-state index contributed by atoms with van der Waals surface area (Å²) in [6, 6.07) is 3.36. The summed E-state index contributed by atoms with van der Waals surface area (Å²) in [5.74, 6) is 0. The molecule has 0 aromatic heterocycles. The minimum Gasteiger partial charge on any atom is -0.394 e. The van der Waals surface area contributed by atoms with E-state index >= 15 is 0 Å². The average Bonchev–Trinajstić information content (AvgIpc) is 2.38. The van der Waals surface area contributed by atoms with Crippen molar-refractivity contribution < 1.29 is 15.0 Å². The first-order chi connectivity index (χ1) is 8.83. The fourth-order valence-corrected chi connectivity index (χ4v) is 1.46. The monoisotopic (exact) mass is 269 g/mol. The van der Waals surface area contributed by atoms with E-state index in [1.54, 1.807) is 6.92 Å². The summed E-state index contributed by atoms with van der Waals surface area (Å²) in [4.78, 5) is 20.2. The molecule has 8 nitrogen and oxygen atoms in total. The normalized spacial score (nSPS) is 13.6. The van der Waals surface area contributed by atoms with E-state index in [1.807, 2.05) is 6.92 Å². The molecule has 0 radical (unpaired) electrons. The van der Waals surface area contributed by atoms with Gasteiger partial charge < -0.3 is 10.4 Å². The number of nitro benzene ring substituents is 2. The van der Waals surface area contributed by atoms with Gasteiger partial charge in [-0.15, -0.1) is 0 Å². The molecule has 0 saturated carbocycles. The lowest BCUT2D eigenvalue weighted by Crippen LogP contribution is -2.38. The van der Waals surface area contributed by atoms with Gasteiger partial charge in [-0.25, -0.2) is 0 Å². The highest BCUT2D eigenvalue weighted by Gasteiger charge is 2.26. The van der Waals surface area contributed by atoms with E-state index in [-0.39, 0.29) is 23.7 Å². The third kappa shape index (κ3) is 3.38. The number of aliphatic hydroxyl groups excluding tert-OH is 1. The molecule has 0 aliphatic carbocycles. The van der Waals surface area contributed by atoms with Gasteiger partial charge in [0.2, 0.25) is 0 Å². The first-order valence-electron chi connectivity index (χ1n) is 5.65. The van der Waals surface area contributed by atoms with Crippen LogP contribution >= 0.6 is 0 Å². The highest BCUT2D eigenvalue weighted by molar-refractivity contribution is 5.66. The fourth-order valence-electron chi connectivity index (χ4n) is 1.46. The summed E-state index contributed by atoms with van der Waals surface area (Å²) in [5.41, 5.74) is -1.31. The second-order valence-electron chi connectivity index (χ2n) is 4.41. The van der Waals surface area contributed by atoms with E-state index in [9.17, 15) is 25.3 Å². The molecule has 1 aromatic carbocycles. The molecule has 104 valence electrons. The molecule has 1 atom stereocenters. The second-order valence-corrected chi connectivity index (χ2v) is 4.41. The van der Waals surface area contributed by atoms with Crippen LogP contribution in [0, 0.1) is 20.2 Å².